The van der Waals surface area contributed by atoms with Crippen molar-refractivity contribution in [1.82, 2.24) is 0 Å². The third-order valence-electron chi connectivity index (χ3n) is 4.35. The molecule has 0 saturated heterocycles. The highest BCUT2D eigenvalue weighted by Gasteiger charge is 2.41. The van der Waals surface area contributed by atoms with Crippen molar-refractivity contribution in [2.45, 2.75) is 64.1 Å². The van der Waals surface area contributed by atoms with Gasteiger partial charge in [-0.3, -0.25) is 0 Å². The number of benzene rings is 1. The Morgan fingerprint density at radius 2 is 1.68 bits per heavy atom. The zero-order valence-electron chi connectivity index (χ0n) is 12.2. The molecular weight excluding hydrogens is 236 g/mol. The lowest BCUT2D eigenvalue weighted by Gasteiger charge is -2.34. The first kappa shape index (κ1) is 14.5. The first-order valence-electron chi connectivity index (χ1n) is 7.60. The van der Waals surface area contributed by atoms with E-state index in [0.29, 0.717) is 13.0 Å². The SMILES string of the molecule is CCOC1(C(O)Cc2ccc(CC)cc2)CCCC1. The molecule has 0 spiro atoms. The van der Waals surface area contributed by atoms with Crippen molar-refractivity contribution >= 4 is 0 Å². The smallest absolute Gasteiger partial charge is 0.0943 e. The van der Waals surface area contributed by atoms with Crippen molar-refractivity contribution in [3.05, 3.63) is 35.4 Å². The Hall–Kier alpha value is -0.860. The Morgan fingerprint density at radius 3 is 2.21 bits per heavy atom. The van der Waals surface area contributed by atoms with Gasteiger partial charge in [-0.25, -0.2) is 0 Å². The molecule has 2 nitrogen and oxygen atoms in total. The summed E-state index contributed by atoms with van der Waals surface area (Å²) < 4.78 is 5.92. The lowest BCUT2D eigenvalue weighted by Crippen LogP contribution is -2.43. The Labute approximate surface area is 116 Å². The summed E-state index contributed by atoms with van der Waals surface area (Å²) >= 11 is 0. The molecule has 0 aliphatic heterocycles. The molecule has 0 bridgehead atoms. The average molecular weight is 262 g/mol. The van der Waals surface area contributed by atoms with E-state index in [0.717, 1.165) is 19.3 Å². The van der Waals surface area contributed by atoms with E-state index in [4.69, 9.17) is 4.74 Å². The van der Waals surface area contributed by atoms with Crippen LogP contribution < -0.4 is 0 Å². The quantitative estimate of drug-likeness (QED) is 0.850. The average Bonchev–Trinajstić information content (AvgIpc) is 2.90. The number of ether oxygens (including phenoxy) is 1. The summed E-state index contributed by atoms with van der Waals surface area (Å²) in [6.45, 7) is 4.86. The highest BCUT2D eigenvalue weighted by Crippen LogP contribution is 2.37. The number of hydrogen-bond donors (Lipinski definition) is 1. The molecule has 1 fully saturated rings. The summed E-state index contributed by atoms with van der Waals surface area (Å²) in [6.07, 6.45) is 5.71. The van der Waals surface area contributed by atoms with Crippen molar-refractivity contribution < 1.29 is 9.84 Å². The van der Waals surface area contributed by atoms with Crippen LogP contribution in [0.3, 0.4) is 0 Å². The van der Waals surface area contributed by atoms with Crippen molar-refractivity contribution in [1.29, 1.82) is 0 Å². The van der Waals surface area contributed by atoms with Crippen LogP contribution in [0.25, 0.3) is 0 Å². The third kappa shape index (κ3) is 3.37. The van der Waals surface area contributed by atoms with Crippen molar-refractivity contribution in [2.75, 3.05) is 6.61 Å². The van der Waals surface area contributed by atoms with Crippen LogP contribution in [0, 0.1) is 0 Å². The third-order valence-corrected chi connectivity index (χ3v) is 4.35. The second kappa shape index (κ2) is 6.53. The predicted molar refractivity (Wildman–Crippen MR) is 78.4 cm³/mol. The molecule has 1 aliphatic rings. The molecule has 1 saturated carbocycles. The van der Waals surface area contributed by atoms with E-state index >= 15 is 0 Å². The van der Waals surface area contributed by atoms with Gasteiger partial charge in [-0.1, -0.05) is 44.0 Å². The van der Waals surface area contributed by atoms with Gasteiger partial charge in [0.2, 0.25) is 0 Å². The van der Waals surface area contributed by atoms with Gasteiger partial charge in [0.05, 0.1) is 11.7 Å². The van der Waals surface area contributed by atoms with E-state index in [2.05, 4.69) is 31.2 Å². The molecular formula is C17H26O2. The fraction of sp³-hybridized carbons (Fsp3) is 0.647. The maximum Gasteiger partial charge on any atom is 0.0943 e. The van der Waals surface area contributed by atoms with Gasteiger partial charge in [-0.05, 0) is 37.3 Å². The molecule has 0 amide bonds. The maximum absolute atomic E-state index is 10.6. The Balaban J connectivity index is 2.03. The lowest BCUT2D eigenvalue weighted by molar-refractivity contribution is -0.115. The largest absolute Gasteiger partial charge is 0.390 e. The second-order valence-electron chi connectivity index (χ2n) is 5.59. The minimum absolute atomic E-state index is 0.293. The summed E-state index contributed by atoms with van der Waals surface area (Å²) in [7, 11) is 0. The van der Waals surface area contributed by atoms with Gasteiger partial charge < -0.3 is 9.84 Å². The van der Waals surface area contributed by atoms with Crippen molar-refractivity contribution in [3.63, 3.8) is 0 Å². The molecule has 0 radical (unpaired) electrons. The van der Waals surface area contributed by atoms with Crippen LogP contribution in [-0.2, 0) is 17.6 Å². The number of hydrogen-bond acceptors (Lipinski definition) is 2. The number of aliphatic hydroxyl groups excluding tert-OH is 1. The first-order chi connectivity index (χ1) is 9.20. The van der Waals surface area contributed by atoms with Gasteiger partial charge in [0.15, 0.2) is 0 Å². The lowest BCUT2D eigenvalue weighted by atomic mass is 9.89. The van der Waals surface area contributed by atoms with Crippen LogP contribution in [-0.4, -0.2) is 23.4 Å². The second-order valence-corrected chi connectivity index (χ2v) is 5.59. The fourth-order valence-electron chi connectivity index (χ4n) is 3.15. The van der Waals surface area contributed by atoms with Crippen LogP contribution in [0.4, 0.5) is 0 Å². The fourth-order valence-corrected chi connectivity index (χ4v) is 3.15. The van der Waals surface area contributed by atoms with Crippen LogP contribution in [0.2, 0.25) is 0 Å². The molecule has 1 aromatic rings. The standard InChI is InChI=1S/C17H26O2/c1-3-14-7-9-15(10-8-14)13-16(18)17(19-4-2)11-5-6-12-17/h7-10,16,18H,3-6,11-13H2,1-2H3. The molecule has 2 rings (SSSR count). The highest BCUT2D eigenvalue weighted by atomic mass is 16.5. The molecule has 2 heteroatoms. The molecule has 19 heavy (non-hydrogen) atoms. The Kier molecular flexibility index (Phi) is 5.00. The van der Waals surface area contributed by atoms with E-state index in [1.54, 1.807) is 0 Å². The van der Waals surface area contributed by atoms with E-state index in [-0.39, 0.29) is 11.7 Å². The highest BCUT2D eigenvalue weighted by molar-refractivity contribution is 5.23. The van der Waals surface area contributed by atoms with E-state index in [1.807, 2.05) is 6.92 Å². The van der Waals surface area contributed by atoms with Crippen LogP contribution in [0.5, 0.6) is 0 Å². The van der Waals surface area contributed by atoms with Crippen LogP contribution in [0.1, 0.15) is 50.7 Å². The minimum atomic E-state index is -0.387. The zero-order valence-corrected chi connectivity index (χ0v) is 12.2. The van der Waals surface area contributed by atoms with Gasteiger partial charge in [-0.15, -0.1) is 0 Å². The van der Waals surface area contributed by atoms with E-state index < -0.39 is 0 Å². The molecule has 1 aliphatic carbocycles. The number of rotatable bonds is 6. The molecule has 1 N–H and O–H groups in total. The molecule has 1 aromatic carbocycles. The molecule has 1 unspecified atom stereocenters. The molecule has 0 heterocycles. The van der Waals surface area contributed by atoms with Gasteiger partial charge in [0.25, 0.3) is 0 Å². The Bertz CT molecular complexity index is 377. The van der Waals surface area contributed by atoms with Crippen molar-refractivity contribution in [3.8, 4) is 0 Å². The Morgan fingerprint density at radius 1 is 1.11 bits per heavy atom. The van der Waals surface area contributed by atoms with Crippen LogP contribution in [0.15, 0.2) is 24.3 Å². The van der Waals surface area contributed by atoms with Gasteiger partial charge >= 0.3 is 0 Å². The zero-order chi connectivity index (χ0) is 13.7. The number of aryl methyl sites for hydroxylation is 1. The van der Waals surface area contributed by atoms with Gasteiger partial charge in [-0.2, -0.15) is 0 Å². The maximum atomic E-state index is 10.6. The van der Waals surface area contributed by atoms with Crippen molar-refractivity contribution in [2.24, 2.45) is 0 Å². The van der Waals surface area contributed by atoms with E-state index in [9.17, 15) is 5.11 Å². The van der Waals surface area contributed by atoms with Gasteiger partial charge in [0, 0.05) is 13.0 Å². The predicted octanol–water partition coefficient (Wildman–Crippen LogP) is 3.50. The monoisotopic (exact) mass is 262 g/mol. The normalized spacial score (nSPS) is 19.5. The number of aliphatic hydroxyl groups is 1. The van der Waals surface area contributed by atoms with Crippen LogP contribution >= 0.6 is 0 Å². The summed E-state index contributed by atoms with van der Waals surface area (Å²) in [4.78, 5) is 0. The minimum Gasteiger partial charge on any atom is -0.390 e. The first-order valence-corrected chi connectivity index (χ1v) is 7.60. The summed E-state index contributed by atoms with van der Waals surface area (Å²) in [6, 6.07) is 8.58. The molecule has 0 aromatic heterocycles. The summed E-state index contributed by atoms with van der Waals surface area (Å²) in [5.74, 6) is 0. The summed E-state index contributed by atoms with van der Waals surface area (Å²) in [5.41, 5.74) is 2.26. The van der Waals surface area contributed by atoms with E-state index in [1.165, 1.54) is 24.0 Å². The topological polar surface area (TPSA) is 29.5 Å². The molecule has 106 valence electrons. The summed E-state index contributed by atoms with van der Waals surface area (Å²) in [5, 5.41) is 10.6. The van der Waals surface area contributed by atoms with Gasteiger partial charge in [0.1, 0.15) is 0 Å². The molecule has 1 atom stereocenters.